The lowest BCUT2D eigenvalue weighted by atomic mass is 10.1. The van der Waals surface area contributed by atoms with Gasteiger partial charge in [-0.3, -0.25) is 0 Å². The molecule has 46 valence electrons. The number of rotatable bonds is 0. The average Bonchev–Trinajstić information content (AvgIpc) is 2.29. The topological polar surface area (TPSA) is 32.3 Å². The van der Waals surface area contributed by atoms with E-state index in [-0.39, 0.29) is 6.10 Å². The van der Waals surface area contributed by atoms with Gasteiger partial charge in [-0.25, -0.2) is 0 Å². The van der Waals surface area contributed by atoms with Crippen molar-refractivity contribution in [3.63, 3.8) is 0 Å². The molecule has 1 heterocycles. The molecule has 2 N–H and O–H groups in total. The number of piperidine rings is 1. The van der Waals surface area contributed by atoms with Crippen molar-refractivity contribution in [1.82, 2.24) is 5.32 Å². The normalized spacial score (nSPS) is 52.9. The van der Waals surface area contributed by atoms with Crippen molar-refractivity contribution in [1.29, 1.82) is 0 Å². The standard InChI is InChI=1S/C6H11NO/c8-6-4-1-2-5(6)7-3-4/h4-8H,1-3H2/t4-,5+,6-/m0/s1. The molecule has 2 rings (SSSR count). The Morgan fingerprint density at radius 2 is 2.25 bits per heavy atom. The van der Waals surface area contributed by atoms with Crippen molar-refractivity contribution in [2.75, 3.05) is 6.54 Å². The summed E-state index contributed by atoms with van der Waals surface area (Å²) in [5, 5.41) is 12.5. The van der Waals surface area contributed by atoms with Crippen LogP contribution in [0.4, 0.5) is 0 Å². The molecule has 0 aromatic heterocycles. The lowest BCUT2D eigenvalue weighted by molar-refractivity contribution is 0.150. The molecule has 8 heavy (non-hydrogen) atoms. The van der Waals surface area contributed by atoms with Gasteiger partial charge in [0.05, 0.1) is 6.10 Å². The molecule has 0 aromatic rings. The fourth-order valence-corrected chi connectivity index (χ4v) is 1.81. The number of aliphatic hydroxyl groups is 1. The maximum atomic E-state index is 9.27. The van der Waals surface area contributed by atoms with Crippen molar-refractivity contribution in [3.8, 4) is 0 Å². The van der Waals surface area contributed by atoms with Gasteiger partial charge in [-0.1, -0.05) is 0 Å². The van der Waals surface area contributed by atoms with Crippen LogP contribution >= 0.6 is 0 Å². The summed E-state index contributed by atoms with van der Waals surface area (Å²) in [6, 6.07) is 0.444. The first kappa shape index (κ1) is 4.77. The van der Waals surface area contributed by atoms with Crippen LogP contribution in [0.3, 0.4) is 0 Å². The Kier molecular flexibility index (Phi) is 0.866. The molecular formula is C6H11NO. The van der Waals surface area contributed by atoms with Gasteiger partial charge in [-0.15, -0.1) is 0 Å². The Bertz CT molecular complexity index is 84.7. The van der Waals surface area contributed by atoms with E-state index in [1.807, 2.05) is 0 Å². The van der Waals surface area contributed by atoms with E-state index in [1.54, 1.807) is 0 Å². The van der Waals surface area contributed by atoms with E-state index in [1.165, 1.54) is 12.8 Å². The number of fused-ring (bicyclic) bond motifs is 2. The van der Waals surface area contributed by atoms with Gasteiger partial charge < -0.3 is 10.4 Å². The van der Waals surface area contributed by atoms with E-state index in [0.717, 1.165) is 6.54 Å². The Morgan fingerprint density at radius 1 is 1.38 bits per heavy atom. The highest BCUT2D eigenvalue weighted by Gasteiger charge is 2.39. The Labute approximate surface area is 48.9 Å². The van der Waals surface area contributed by atoms with Crippen molar-refractivity contribution in [2.45, 2.75) is 25.0 Å². The lowest BCUT2D eigenvalue weighted by Gasteiger charge is -2.07. The third kappa shape index (κ3) is 0.446. The summed E-state index contributed by atoms with van der Waals surface area (Å²) < 4.78 is 0. The molecule has 1 saturated heterocycles. The fraction of sp³-hybridized carbons (Fsp3) is 1.00. The maximum absolute atomic E-state index is 9.27. The Hall–Kier alpha value is -0.0800. The van der Waals surface area contributed by atoms with Gasteiger partial charge in [0.1, 0.15) is 0 Å². The summed E-state index contributed by atoms with van der Waals surface area (Å²) in [5.41, 5.74) is 0. The first-order chi connectivity index (χ1) is 3.88. The highest BCUT2D eigenvalue weighted by Crippen LogP contribution is 2.30. The minimum atomic E-state index is -0.0185. The molecule has 2 nitrogen and oxygen atoms in total. The molecule has 1 aliphatic heterocycles. The van der Waals surface area contributed by atoms with Crippen LogP contribution in [0.15, 0.2) is 0 Å². The smallest absolute Gasteiger partial charge is 0.0733 e. The fourth-order valence-electron chi connectivity index (χ4n) is 1.81. The zero-order valence-electron chi connectivity index (χ0n) is 4.80. The first-order valence-electron chi connectivity index (χ1n) is 3.29. The van der Waals surface area contributed by atoms with E-state index in [4.69, 9.17) is 0 Å². The van der Waals surface area contributed by atoms with E-state index in [9.17, 15) is 5.11 Å². The molecule has 1 saturated carbocycles. The molecule has 2 fully saturated rings. The van der Waals surface area contributed by atoms with Crippen molar-refractivity contribution in [3.05, 3.63) is 0 Å². The zero-order valence-corrected chi connectivity index (χ0v) is 4.80. The van der Waals surface area contributed by atoms with Crippen LogP contribution in [-0.2, 0) is 0 Å². The first-order valence-corrected chi connectivity index (χ1v) is 3.29. The number of nitrogens with one attached hydrogen (secondary N) is 1. The van der Waals surface area contributed by atoms with Crippen LogP contribution in [0.5, 0.6) is 0 Å². The second-order valence-electron chi connectivity index (χ2n) is 2.84. The van der Waals surface area contributed by atoms with E-state index in [0.29, 0.717) is 12.0 Å². The van der Waals surface area contributed by atoms with Gasteiger partial charge in [0.2, 0.25) is 0 Å². The van der Waals surface area contributed by atoms with Crippen LogP contribution in [0.25, 0.3) is 0 Å². The largest absolute Gasteiger partial charge is 0.391 e. The summed E-state index contributed by atoms with van der Waals surface area (Å²) in [4.78, 5) is 0. The molecule has 3 atom stereocenters. The van der Waals surface area contributed by atoms with Crippen LogP contribution in [-0.4, -0.2) is 23.8 Å². The van der Waals surface area contributed by atoms with Gasteiger partial charge in [0, 0.05) is 12.6 Å². The maximum Gasteiger partial charge on any atom is 0.0733 e. The molecule has 1 aliphatic carbocycles. The molecule has 0 aromatic carbocycles. The predicted octanol–water partition coefficient (Wildman–Crippen LogP) is -0.271. The number of aliphatic hydroxyl groups excluding tert-OH is 1. The summed E-state index contributed by atoms with van der Waals surface area (Å²) in [6.45, 7) is 1.05. The Balaban J connectivity index is 2.16. The second-order valence-corrected chi connectivity index (χ2v) is 2.84. The minimum absolute atomic E-state index is 0.0185. The van der Waals surface area contributed by atoms with Gasteiger partial charge in [0.15, 0.2) is 0 Å². The van der Waals surface area contributed by atoms with Gasteiger partial charge in [0.25, 0.3) is 0 Å². The van der Waals surface area contributed by atoms with Crippen molar-refractivity contribution >= 4 is 0 Å². The summed E-state index contributed by atoms with van der Waals surface area (Å²) in [6.07, 6.45) is 2.40. The van der Waals surface area contributed by atoms with Gasteiger partial charge in [-0.05, 0) is 18.8 Å². The average molecular weight is 113 g/mol. The van der Waals surface area contributed by atoms with Crippen LogP contribution in [0, 0.1) is 5.92 Å². The molecule has 0 amide bonds. The SMILES string of the molecule is O[C@H]1[C@H]2CC[C@H]1NC2. The minimum Gasteiger partial charge on any atom is -0.391 e. The van der Waals surface area contributed by atoms with Crippen molar-refractivity contribution in [2.24, 2.45) is 5.92 Å². The monoisotopic (exact) mass is 113 g/mol. The molecule has 0 unspecified atom stereocenters. The van der Waals surface area contributed by atoms with Crippen LogP contribution in [0.1, 0.15) is 12.8 Å². The summed E-state index contributed by atoms with van der Waals surface area (Å²) in [7, 11) is 0. The Morgan fingerprint density at radius 3 is 2.38 bits per heavy atom. The zero-order chi connectivity index (χ0) is 5.56. The predicted molar refractivity (Wildman–Crippen MR) is 30.5 cm³/mol. The quantitative estimate of drug-likeness (QED) is 0.453. The lowest BCUT2D eigenvalue weighted by Crippen LogP contribution is -2.27. The number of hydrogen-bond acceptors (Lipinski definition) is 2. The highest BCUT2D eigenvalue weighted by atomic mass is 16.3. The molecular weight excluding hydrogens is 102 g/mol. The molecule has 0 spiro atoms. The van der Waals surface area contributed by atoms with Gasteiger partial charge >= 0.3 is 0 Å². The molecule has 2 aliphatic rings. The van der Waals surface area contributed by atoms with Crippen LogP contribution < -0.4 is 5.32 Å². The summed E-state index contributed by atoms with van der Waals surface area (Å²) >= 11 is 0. The molecule has 2 heteroatoms. The highest BCUT2D eigenvalue weighted by molar-refractivity contribution is 4.96. The third-order valence-electron chi connectivity index (χ3n) is 2.39. The molecule has 0 radical (unpaired) electrons. The number of hydrogen-bond donors (Lipinski definition) is 2. The van der Waals surface area contributed by atoms with E-state index in [2.05, 4.69) is 5.32 Å². The van der Waals surface area contributed by atoms with Gasteiger partial charge in [-0.2, -0.15) is 0 Å². The van der Waals surface area contributed by atoms with Crippen molar-refractivity contribution < 1.29 is 5.11 Å². The second kappa shape index (κ2) is 1.45. The van der Waals surface area contributed by atoms with E-state index < -0.39 is 0 Å². The summed E-state index contributed by atoms with van der Waals surface area (Å²) in [5.74, 6) is 0.583. The van der Waals surface area contributed by atoms with Crippen LogP contribution in [0.2, 0.25) is 0 Å². The van der Waals surface area contributed by atoms with E-state index >= 15 is 0 Å². The third-order valence-corrected chi connectivity index (χ3v) is 2.39. The molecule has 2 bridgehead atoms.